The van der Waals surface area contributed by atoms with Crippen molar-refractivity contribution in [2.75, 3.05) is 87.0 Å². The van der Waals surface area contributed by atoms with Crippen molar-refractivity contribution in [2.45, 2.75) is 282 Å². The zero-order chi connectivity index (χ0) is 97.1. The first-order valence-corrected chi connectivity index (χ1v) is 38.5. The van der Waals surface area contributed by atoms with Gasteiger partial charge in [-0.3, -0.25) is 9.59 Å². The Kier molecular flexibility index (Phi) is 92.2. The summed E-state index contributed by atoms with van der Waals surface area (Å²) < 4.78 is 104. The van der Waals surface area contributed by atoms with Crippen molar-refractivity contribution in [1.82, 2.24) is 29.4 Å². The number of nitriles is 1. The number of likely N-dealkylation sites (tertiary alicyclic amines) is 6. The van der Waals surface area contributed by atoms with E-state index in [2.05, 4.69) is 13.0 Å². The van der Waals surface area contributed by atoms with Crippen LogP contribution in [0.25, 0.3) is 0 Å². The fraction of sp³-hybridized carbons (Fsp3) is 0.805. The molecule has 0 bridgehead atoms. The van der Waals surface area contributed by atoms with Crippen LogP contribution in [0.5, 0.6) is 0 Å². The molecule has 4 N–H and O–H groups in total. The molecule has 0 radical (unpaired) electrons. The van der Waals surface area contributed by atoms with Crippen LogP contribution in [0.1, 0.15) is 213 Å². The molecule has 43 nitrogen and oxygen atoms in total. The summed E-state index contributed by atoms with van der Waals surface area (Å²) in [7, 11) is 0.817. The minimum absolute atomic E-state index is 0. The topological polar surface area (TPSA) is 619 Å². The molecular weight excluding hydrogens is 1830 g/mol. The summed E-state index contributed by atoms with van der Waals surface area (Å²) in [5.41, 5.74) is -7.89. The Morgan fingerprint density at radius 2 is 0.654 bits per heavy atom. The molecule has 6 aliphatic heterocycles. The molecule has 50 heteroatoms. The summed E-state index contributed by atoms with van der Waals surface area (Å²) in [6.07, 6.45) is 4.44. The van der Waals surface area contributed by atoms with Gasteiger partial charge in [0.1, 0.15) is 33.6 Å². The second kappa shape index (κ2) is 77.9. The number of carboxylic acids is 1. The van der Waals surface area contributed by atoms with Gasteiger partial charge in [0.05, 0.1) is 44.1 Å². The monoisotopic (exact) mass is 1960 g/mol. The van der Waals surface area contributed by atoms with E-state index in [0.717, 1.165) is 51.9 Å². The first kappa shape index (κ1) is 150. The summed E-state index contributed by atoms with van der Waals surface area (Å²) in [5.74, 6) is -0.763. The van der Waals surface area contributed by atoms with Crippen molar-refractivity contribution in [3.8, 4) is 6.07 Å². The summed E-state index contributed by atoms with van der Waals surface area (Å²) in [5, 5.41) is 26.7. The van der Waals surface area contributed by atoms with Gasteiger partial charge in [0, 0.05) is 125 Å². The summed E-state index contributed by atoms with van der Waals surface area (Å²) in [6, 6.07) is 2.64. The average molecular weight is 1960 g/mol. The maximum absolute atomic E-state index is 11.9. The molecule has 0 unspecified atom stereocenters. The number of carbonyl (C=O) groups is 8. The molecule has 127 heavy (non-hydrogen) atoms. The van der Waals surface area contributed by atoms with Crippen LogP contribution in [0.4, 0.5) is 41.9 Å². The quantitative estimate of drug-likeness (QED) is 0.159. The van der Waals surface area contributed by atoms with Gasteiger partial charge in [-0.2, -0.15) is 76.0 Å². The van der Waals surface area contributed by atoms with Crippen LogP contribution in [-0.2, 0) is 153 Å². The van der Waals surface area contributed by atoms with E-state index in [1.54, 1.807) is 80.5 Å². The molecule has 0 aromatic heterocycles. The van der Waals surface area contributed by atoms with Gasteiger partial charge in [0.2, 0.25) is 0 Å². The predicted molar refractivity (Wildman–Crippen MR) is 417 cm³/mol. The van der Waals surface area contributed by atoms with Crippen LogP contribution in [0.15, 0.2) is 0 Å². The molecule has 6 rings (SSSR count). The van der Waals surface area contributed by atoms with Gasteiger partial charge in [-0.25, -0.2) is 28.8 Å². The molecule has 6 aliphatic rings. The van der Waals surface area contributed by atoms with Crippen LogP contribution in [0.3, 0.4) is 0 Å². The van der Waals surface area contributed by atoms with Crippen LogP contribution < -0.4 is 48.4 Å². The van der Waals surface area contributed by atoms with Crippen molar-refractivity contribution in [3.63, 3.8) is 0 Å². The van der Waals surface area contributed by atoms with Crippen molar-refractivity contribution in [1.29, 1.82) is 5.26 Å². The van der Waals surface area contributed by atoms with E-state index in [0.29, 0.717) is 50.9 Å². The van der Waals surface area contributed by atoms with E-state index >= 15 is 0 Å². The number of aliphatic hydroxyl groups excluding tert-OH is 1. The number of hydrogen-bond donors (Lipinski definition) is 2. The second-order valence-corrected chi connectivity index (χ2v) is 33.7. The number of methoxy groups -OCH3 is 3. The van der Waals surface area contributed by atoms with Crippen molar-refractivity contribution < 1.29 is 254 Å². The van der Waals surface area contributed by atoms with Crippen molar-refractivity contribution in [3.05, 3.63) is 0 Å². The molecule has 6 fully saturated rings. The summed E-state index contributed by atoms with van der Waals surface area (Å²) in [4.78, 5) is 200. The fourth-order valence-corrected chi connectivity index (χ4v) is 11.0. The van der Waals surface area contributed by atoms with E-state index in [1.807, 2.05) is 132 Å². The summed E-state index contributed by atoms with van der Waals surface area (Å²) >= 11 is 1.70. The molecule has 6 amide bonds. The molecule has 0 aliphatic carbocycles. The van der Waals surface area contributed by atoms with E-state index in [1.165, 1.54) is 12.0 Å². The second-order valence-electron chi connectivity index (χ2n) is 32.8. The van der Waals surface area contributed by atoms with Crippen molar-refractivity contribution in [2.24, 2.45) is 35.5 Å². The van der Waals surface area contributed by atoms with Gasteiger partial charge in [-0.1, -0.05) is 14.9 Å². The third-order valence-corrected chi connectivity index (χ3v) is 15.8. The van der Waals surface area contributed by atoms with Gasteiger partial charge >= 0.3 is 164 Å². The van der Waals surface area contributed by atoms with Crippen molar-refractivity contribution >= 4 is 96.1 Å². The Morgan fingerprint density at radius 1 is 0.417 bits per heavy atom. The number of hydrogen-bond acceptors (Lipinski definition) is 37. The normalized spacial score (nSPS) is 19.8. The zero-order valence-electron chi connectivity index (χ0n) is 76.5. The third-order valence-electron chi connectivity index (χ3n) is 15.4. The number of alkyl halides is 3. The fourth-order valence-electron chi connectivity index (χ4n) is 11.0. The Hall–Kier alpha value is -7.99. The molecular formula is C77H133AgF3LiN7NaO36S-. The van der Waals surface area contributed by atoms with Crippen LogP contribution in [0.2, 0.25) is 0 Å². The summed E-state index contributed by atoms with van der Waals surface area (Å²) in [6.45, 7) is 48.5. The van der Waals surface area contributed by atoms with Crippen LogP contribution in [0, 0.1) is 46.8 Å². The van der Waals surface area contributed by atoms with Crippen LogP contribution >= 0.6 is 0 Å². The van der Waals surface area contributed by atoms with Gasteiger partial charge in [0.15, 0.2) is 0 Å². The number of rotatable bonds is 7. The number of carbonyl (C=O) groups excluding carboxylic acids is 19. The van der Waals surface area contributed by atoms with E-state index < -0.39 is 67.8 Å². The van der Waals surface area contributed by atoms with E-state index in [9.17, 15) is 51.5 Å². The van der Waals surface area contributed by atoms with Gasteiger partial charge in [-0.15, -0.1) is 0 Å². The molecule has 0 spiro atoms. The number of nitrogens with zero attached hydrogens (tertiary/aromatic N) is 7. The molecule has 0 aromatic carbocycles. The Balaban J connectivity index is -0.0000000941. The van der Waals surface area contributed by atoms with E-state index in [4.69, 9.17) is 127 Å². The predicted octanol–water partition coefficient (Wildman–Crippen LogP) is 3.59. The standard InChI is InChI=1S/C12H21NO4.C12H23NO3.C11H18N2O2.C11H19NO4.2C11H21NO3.CF3O2S.6CO2.2CH4.Ag.Li.Na.2H2O.O/c1-8-6-9(10(14)16-5)7-13(8)11(15)17-12(2,3)4;1-9-6-10(8-15-5)7-13(9)11(14)16-12(2,3)4;1-8-5-9(6-12)7-13(8)10(14)15-11(2,3)4;1-7-5-8(9(13)14)6-12(7)10(15)16-11(2,3)4;1-8-5-9(7-13)6-12(8)10(14)15-11(2,3)4;1-11(2,3)15-10(13)12-6-5-9(7-12)8-14-4;2-1(3,4)7(5)6;6*2-1-3;;;;;;;;/h8-9H,6-7H2,1-5H3;9-10H,6-8H2,1-5H3;8-9H,5,7H2,1-4H3;7-8H,5-6H2,1-4H3,(H,13,14);8-9,13H,5-7H2,1-4H3;9H,5-8H2,1-4H3;;;;;;;;2*1H4;;;;2*1H2;/q;;;;;;-1;;;;;;;;;;2*+1;;;/p-2/t8-,9+;9-,10+;8-,9-;7-,8+;8-,9+;9-;;;;;;;;;;;;;;;/m111110.............../s1. The number of aliphatic hydroxyl groups is 1. The molecule has 6 saturated heterocycles. The molecule has 0 saturated carbocycles. The minimum atomic E-state index is -5.08. The first-order valence-electron chi connectivity index (χ1n) is 36.8. The average Bonchev–Trinajstić information content (AvgIpc) is 1.71. The van der Waals surface area contributed by atoms with Gasteiger partial charge < -0.3 is 102 Å². The van der Waals surface area contributed by atoms with E-state index in [-0.39, 0.29) is 209 Å². The van der Waals surface area contributed by atoms with Gasteiger partial charge in [0.25, 0.3) is 0 Å². The first-order chi connectivity index (χ1) is 55.3. The third kappa shape index (κ3) is 79.9. The number of aliphatic carboxylic acids is 1. The molecule has 0 aromatic rings. The zero-order valence-corrected chi connectivity index (χ0v) is 80.8. The Labute approximate surface area is 790 Å². The Bertz CT molecular complexity index is 3320. The number of carboxylic acid groups (broad SMARTS) is 1. The number of amides is 6. The number of halogens is 3. The number of ether oxygens (including phenoxy) is 9. The molecule has 6 heterocycles. The number of esters is 1. The van der Waals surface area contributed by atoms with Gasteiger partial charge in [-0.05, 0) is 198 Å². The molecule has 11 atom stereocenters. The maximum atomic E-state index is 11.9. The van der Waals surface area contributed by atoms with Crippen LogP contribution in [-0.4, -0.2) is 292 Å². The SMILES string of the molecule is C.C.COC(=O)[C@H]1C[C@@H](C)N(C(=O)OC(C)(C)C)C1.COC[C@H]1CCN(C(=O)OC(C)(C)C)C1.COC[C@H]1C[C@@H](C)N(C(=O)OC(C)(C)C)C1.C[C@@H]1C[C@H](C#N)CN1C(=O)OC(C)(C)C.C[C@@H]1C[C@H](C(=O)O)CN1C(=O)OC(C)(C)C.C[C@@H]1C[C@H](CO)CN1C(=O)OC(C)(C)C.O=C=O.O=C=O.O=C=O.O=C=O.O=C=O.O=C=O.O=[S-](=O)C(F)(F)F.[Li+].[Na+].[OH-].[OH-].[O]=[Ag]. The Morgan fingerprint density at radius 3 is 0.890 bits per heavy atom. The molecule has 733 valence electrons.